The number of rotatable bonds is 7. The molecule has 0 bridgehead atoms. The van der Waals surface area contributed by atoms with E-state index in [1.165, 1.54) is 0 Å². The molecular weight excluding hydrogens is 747 g/mol. The van der Waals surface area contributed by atoms with Crippen LogP contribution in [0.1, 0.15) is 74.3 Å². The minimum absolute atomic E-state index is 0.347. The summed E-state index contributed by atoms with van der Waals surface area (Å²) in [5.41, 5.74) is -17.7. The molecule has 0 aliphatic heterocycles. The van der Waals surface area contributed by atoms with Crippen molar-refractivity contribution in [1.29, 1.82) is 0 Å². The van der Waals surface area contributed by atoms with Crippen molar-refractivity contribution in [3.63, 3.8) is 0 Å². The second-order valence-corrected chi connectivity index (χ2v) is 13.5. The molecule has 0 N–H and O–H groups in total. The van der Waals surface area contributed by atoms with Gasteiger partial charge in [-0.2, -0.15) is 0 Å². The molecule has 0 saturated heterocycles. The molecule has 0 unspecified atom stereocenters. The van der Waals surface area contributed by atoms with Crippen molar-refractivity contribution in [2.45, 2.75) is 5.41 Å². The lowest BCUT2D eigenvalue weighted by Gasteiger charge is -2.30. The molecule has 1 nitrogen and oxygen atoms in total. The van der Waals surface area contributed by atoms with E-state index < -0.39 is 319 Å². The van der Waals surface area contributed by atoms with Gasteiger partial charge in [-0.05, 0) is 125 Å². The molecule has 1 heteroatoms. The lowest BCUT2D eigenvalue weighted by molar-refractivity contribution is 0.794. The fourth-order valence-corrected chi connectivity index (χ4v) is 7.86. The first-order valence-electron chi connectivity index (χ1n) is 37.4. The third-order valence-electron chi connectivity index (χ3n) is 10.4. The maximum atomic E-state index is 9.97. The van der Waals surface area contributed by atoms with Crippen molar-refractivity contribution >= 4 is 17.1 Å². The second-order valence-electron chi connectivity index (χ2n) is 13.5. The predicted octanol–water partition coefficient (Wildman–Crippen LogP) is 16.2. The summed E-state index contributed by atoms with van der Waals surface area (Å²) >= 11 is 0. The highest BCUT2D eigenvalue weighted by molar-refractivity contribution is 6.02. The van der Waals surface area contributed by atoms with Crippen molar-refractivity contribution in [2.75, 3.05) is 4.90 Å². The standard InChI is InChI=1S/C61H41N/c1-3-16-42(17-4-1)44-30-36-47(37-31-44)62(48-38-32-45(33-39-48)43-18-5-2-6-19-43)49-40-34-46(35-41-49)50-20-7-8-21-51(50)54-25-15-29-59-60(54)55-24-11-14-28-58(55)61(59)56-26-12-9-22-52(56)53-23-10-13-27-57(53)61/h1-41H/i1D,2D,3D,4D,5D,6D,7D,8D,9D,10D,11D,12D,13D,14D,15D,16D,17D,18D,19D,20D,21D,22D,23D,24D,25D,28D,29D,30D,31D,32D,33D,34D,35D,36D,37D,38D,40D,41D. The highest BCUT2D eigenvalue weighted by atomic mass is 15.1. The number of benzene rings is 10. The third-order valence-corrected chi connectivity index (χ3v) is 10.4. The van der Waals surface area contributed by atoms with Gasteiger partial charge in [0.2, 0.25) is 0 Å². The van der Waals surface area contributed by atoms with E-state index in [0.717, 1.165) is 12.1 Å². The number of fused-ring (bicyclic) bond motifs is 10. The summed E-state index contributed by atoms with van der Waals surface area (Å²) in [6, 6.07) is -37.4. The van der Waals surface area contributed by atoms with Gasteiger partial charge in [-0.1, -0.05) is 212 Å². The largest absolute Gasteiger partial charge is 0.311 e. The molecule has 62 heavy (non-hydrogen) atoms. The zero-order chi connectivity index (χ0) is 74.1. The SMILES string of the molecule is [2H]c1cc2c(c([2H])c1[2H])-c1c(cc([2H])c([2H])c1[2H])C21c2c([2H])c([2H])c([2H])c([2H])c2-c2c(-c3c([2H])c([2H])c([2H])c([2H])c3-c3c([2H])c([2H])c(N(c4cc([2H])c(-c5c([2H])c([2H])c([2H])c([2H])c5[2H])c([2H])c4[2H])c4c([2H])c([2H])c(-c5c([2H])c([2H])c([2H])c([2H])c5[2H])c([2H])c4[2H])c([2H])c3[2H])c([2H])c([2H])c([2H])c21. The van der Waals surface area contributed by atoms with E-state index in [0.29, 0.717) is 11.0 Å². The molecule has 0 saturated carbocycles. The van der Waals surface area contributed by atoms with Crippen LogP contribution in [0.25, 0.3) is 66.8 Å². The molecule has 0 aromatic heterocycles. The van der Waals surface area contributed by atoms with Crippen LogP contribution < -0.4 is 4.90 Å². The van der Waals surface area contributed by atoms with Crippen LogP contribution in [0.3, 0.4) is 0 Å². The quantitative estimate of drug-likeness (QED) is 0.155. The van der Waals surface area contributed by atoms with Crippen molar-refractivity contribution in [3.05, 3.63) is 270 Å². The fourth-order valence-electron chi connectivity index (χ4n) is 7.86. The van der Waals surface area contributed by atoms with Gasteiger partial charge in [0, 0.05) is 17.1 Å². The van der Waals surface area contributed by atoms with E-state index in [2.05, 4.69) is 0 Å². The second kappa shape index (κ2) is 14.6. The molecular formula is C61H41N. The minimum Gasteiger partial charge on any atom is -0.311 e. The van der Waals surface area contributed by atoms with Gasteiger partial charge in [-0.15, -0.1) is 0 Å². The summed E-state index contributed by atoms with van der Waals surface area (Å²) in [5, 5.41) is 0. The summed E-state index contributed by atoms with van der Waals surface area (Å²) in [4.78, 5) is 0.347. The third kappa shape index (κ3) is 5.56. The van der Waals surface area contributed by atoms with Crippen LogP contribution in [0, 0.1) is 0 Å². The molecule has 10 aromatic carbocycles. The molecule has 10 aromatic rings. The Morgan fingerprint density at radius 3 is 1.32 bits per heavy atom. The minimum atomic E-state index is -2.61. The smallest absolute Gasteiger partial charge is 0.0725 e. The monoisotopic (exact) mass is 826 g/mol. The topological polar surface area (TPSA) is 3.24 Å². The van der Waals surface area contributed by atoms with Gasteiger partial charge < -0.3 is 4.90 Å². The van der Waals surface area contributed by atoms with Crippen molar-refractivity contribution < 1.29 is 52.1 Å². The average molecular weight is 826 g/mol. The molecule has 2 aliphatic carbocycles. The summed E-state index contributed by atoms with van der Waals surface area (Å²) in [7, 11) is 0. The Morgan fingerprint density at radius 2 is 0.694 bits per heavy atom. The van der Waals surface area contributed by atoms with Crippen LogP contribution in [-0.2, 0) is 5.41 Å². The van der Waals surface area contributed by atoms with E-state index in [4.69, 9.17) is 24.7 Å². The molecule has 0 heterocycles. The highest BCUT2D eigenvalue weighted by Crippen LogP contribution is 2.64. The Hall–Kier alpha value is -8.00. The van der Waals surface area contributed by atoms with Gasteiger partial charge >= 0.3 is 0 Å². The highest BCUT2D eigenvalue weighted by Gasteiger charge is 2.52. The molecule has 290 valence electrons. The molecule has 2 aliphatic rings. The predicted molar refractivity (Wildman–Crippen MR) is 259 cm³/mol. The first-order valence-corrected chi connectivity index (χ1v) is 18.4. The van der Waals surface area contributed by atoms with Crippen LogP contribution in [0.5, 0.6) is 0 Å². The summed E-state index contributed by atoms with van der Waals surface area (Å²) in [5.74, 6) is 0. The Labute approximate surface area is 416 Å². The summed E-state index contributed by atoms with van der Waals surface area (Å²) < 4.78 is 349. The van der Waals surface area contributed by atoms with E-state index in [1.807, 2.05) is 0 Å². The van der Waals surface area contributed by atoms with Gasteiger partial charge in [0.25, 0.3) is 0 Å². The van der Waals surface area contributed by atoms with Gasteiger partial charge in [-0.3, -0.25) is 0 Å². The first kappa shape index (κ1) is 14.3. The molecule has 0 atom stereocenters. The van der Waals surface area contributed by atoms with Crippen LogP contribution >= 0.6 is 0 Å². The lowest BCUT2D eigenvalue weighted by atomic mass is 9.70. The summed E-state index contributed by atoms with van der Waals surface area (Å²) in [6.45, 7) is 0. The number of hydrogen-bond donors (Lipinski definition) is 0. The number of hydrogen-bond acceptors (Lipinski definition) is 1. The van der Waals surface area contributed by atoms with E-state index in [9.17, 15) is 27.4 Å². The lowest BCUT2D eigenvalue weighted by Crippen LogP contribution is -2.25. The zero-order valence-electron chi connectivity index (χ0n) is 69.2. The van der Waals surface area contributed by atoms with Gasteiger partial charge in [0.05, 0.1) is 57.5 Å². The molecule has 0 fully saturated rings. The van der Waals surface area contributed by atoms with Crippen LogP contribution in [0.4, 0.5) is 17.1 Å². The average Bonchev–Trinajstić information content (AvgIpc) is 1.47. The van der Waals surface area contributed by atoms with E-state index in [-0.39, 0.29) is 22.3 Å². The number of anilines is 3. The molecule has 1 spiro atoms. The molecule has 0 amide bonds. The molecule has 0 radical (unpaired) electrons. The van der Waals surface area contributed by atoms with Gasteiger partial charge in [0.1, 0.15) is 0 Å². The van der Waals surface area contributed by atoms with Crippen LogP contribution in [-0.4, -0.2) is 0 Å². The van der Waals surface area contributed by atoms with Gasteiger partial charge in [0.15, 0.2) is 0 Å². The normalized spacial score (nSPS) is 21.2. The van der Waals surface area contributed by atoms with Crippen molar-refractivity contribution in [1.82, 2.24) is 0 Å². The van der Waals surface area contributed by atoms with Crippen molar-refractivity contribution in [2.24, 2.45) is 0 Å². The van der Waals surface area contributed by atoms with E-state index in [1.54, 1.807) is 0 Å². The maximum absolute atomic E-state index is 9.97. The zero-order valence-corrected chi connectivity index (χ0v) is 31.2. The van der Waals surface area contributed by atoms with Gasteiger partial charge in [-0.25, -0.2) is 0 Å². The van der Waals surface area contributed by atoms with Crippen LogP contribution in [0.2, 0.25) is 0 Å². The Bertz CT molecular complexity index is 5360. The summed E-state index contributed by atoms with van der Waals surface area (Å²) in [6.07, 6.45) is 0. The first-order chi connectivity index (χ1) is 46.5. The van der Waals surface area contributed by atoms with Crippen LogP contribution in [0.15, 0.2) is 248 Å². The molecule has 12 rings (SSSR count). The Kier molecular flexibility index (Phi) is 3.37. The maximum Gasteiger partial charge on any atom is 0.0725 e. The number of nitrogens with zero attached hydrogens (tertiary/aromatic N) is 1. The Morgan fingerprint density at radius 1 is 0.258 bits per heavy atom. The fraction of sp³-hybridized carbons (Fsp3) is 0.0164. The van der Waals surface area contributed by atoms with E-state index >= 15 is 0 Å². The van der Waals surface area contributed by atoms with Crippen molar-refractivity contribution in [3.8, 4) is 66.8 Å². The Balaban J connectivity index is 1.24.